The molecule has 2 aliphatic heterocycles. The molecule has 9 rings (SSSR count). The number of amides is 1. The van der Waals surface area contributed by atoms with E-state index in [0.29, 0.717) is 34.8 Å². The molecule has 0 unspecified atom stereocenters. The Morgan fingerprint density at radius 3 is 2.48 bits per heavy atom. The van der Waals surface area contributed by atoms with Crippen molar-refractivity contribution in [3.8, 4) is 5.69 Å². The number of benzene rings is 3. The summed E-state index contributed by atoms with van der Waals surface area (Å²) in [4.78, 5) is 41.5. The van der Waals surface area contributed by atoms with Crippen LogP contribution in [0.5, 0.6) is 0 Å². The fourth-order valence-electron chi connectivity index (χ4n) is 9.34. The van der Waals surface area contributed by atoms with Crippen molar-refractivity contribution in [2.24, 2.45) is 11.3 Å². The number of aromatic amines is 1. The summed E-state index contributed by atoms with van der Waals surface area (Å²) in [6.45, 7) is 11.2. The zero-order valence-electron chi connectivity index (χ0n) is 36.7. The second-order valence-electron chi connectivity index (χ2n) is 18.3. The number of carbonyl (C=O) groups is 1. The molecule has 2 saturated heterocycles. The molecule has 0 spiro atoms. The van der Waals surface area contributed by atoms with E-state index in [2.05, 4.69) is 72.8 Å². The quantitative estimate of drug-likeness (QED) is 0.0793. The van der Waals surface area contributed by atoms with E-state index in [1.54, 1.807) is 23.1 Å². The fourth-order valence-corrected chi connectivity index (χ4v) is 10.5. The van der Waals surface area contributed by atoms with Crippen molar-refractivity contribution in [2.45, 2.75) is 50.8 Å². The predicted molar refractivity (Wildman–Crippen MR) is 259 cm³/mol. The number of hydrogen-bond acceptors (Lipinski definition) is 11. The van der Waals surface area contributed by atoms with Crippen LogP contribution in [0.4, 0.5) is 17.1 Å². The SMILES string of the molecule is CN1CCC(CNc2ccc(S(=O)(=O)NC(=O)c3ccc(N4CCN(CC5=C(c6ccc(Cl)cc6)CC(C)(C)CC5)CC4)cc3-n3[nH]cc4nc5nccc5cc43)cc2[N+](=O)[O-])CC1.Cl. The number of aromatic nitrogens is 4. The van der Waals surface area contributed by atoms with E-state index in [1.807, 2.05) is 36.4 Å². The molecule has 342 valence electrons. The predicted octanol–water partition coefficient (Wildman–Crippen LogP) is 8.54. The van der Waals surface area contributed by atoms with Crippen molar-refractivity contribution in [3.63, 3.8) is 0 Å². The highest BCUT2D eigenvalue weighted by atomic mass is 35.5. The van der Waals surface area contributed by atoms with Crippen LogP contribution in [0.3, 0.4) is 0 Å². The first-order valence-electron chi connectivity index (χ1n) is 21.9. The standard InChI is InChI=1S/C47H53ClN10O5S.ClH/c1-47(2)16-12-34(39(27-47)32-4-6-35(48)7-5-32)30-55-20-22-56(23-21-55)36-8-10-38(42(25-36)57-43-24-33-13-17-49-45(33)52-41(43)29-51-57)46(59)53-64(62,63)37-9-11-40(44(26-37)58(60)61)50-28-31-14-18-54(3)19-15-31;/h4-11,13,17,24-26,29,31,50-51H,12,14-16,18-23,27-28,30H2,1-3H3,(H,53,59);1H. The minimum Gasteiger partial charge on any atom is -0.379 e. The van der Waals surface area contributed by atoms with E-state index in [-0.39, 0.29) is 34.8 Å². The largest absolute Gasteiger partial charge is 0.379 e. The van der Waals surface area contributed by atoms with Gasteiger partial charge in [0.05, 0.1) is 26.6 Å². The van der Waals surface area contributed by atoms with Gasteiger partial charge in [-0.1, -0.05) is 43.2 Å². The lowest BCUT2D eigenvalue weighted by Gasteiger charge is -2.39. The van der Waals surface area contributed by atoms with Gasteiger partial charge in [0.15, 0.2) is 5.65 Å². The highest BCUT2D eigenvalue weighted by molar-refractivity contribution is 7.90. The van der Waals surface area contributed by atoms with Gasteiger partial charge in [0.1, 0.15) is 11.2 Å². The molecule has 6 aromatic rings. The van der Waals surface area contributed by atoms with E-state index in [1.165, 1.54) is 28.8 Å². The lowest BCUT2D eigenvalue weighted by molar-refractivity contribution is -0.384. The Morgan fingerprint density at radius 2 is 1.74 bits per heavy atom. The maximum Gasteiger partial charge on any atom is 0.293 e. The summed E-state index contributed by atoms with van der Waals surface area (Å²) >= 11 is 6.26. The molecular weight excluding hydrogens is 888 g/mol. The molecule has 1 amide bonds. The molecule has 5 heterocycles. The second-order valence-corrected chi connectivity index (χ2v) is 20.4. The number of piperidine rings is 1. The minimum atomic E-state index is -4.55. The number of likely N-dealkylation sites (tertiary alicyclic amines) is 1. The van der Waals surface area contributed by atoms with Gasteiger partial charge in [-0.15, -0.1) is 12.4 Å². The zero-order valence-corrected chi connectivity index (χ0v) is 39.1. The number of sulfonamides is 1. The Labute approximate surface area is 389 Å². The number of halogens is 2. The average Bonchev–Trinajstić information content (AvgIpc) is 3.92. The molecule has 3 aromatic carbocycles. The first-order chi connectivity index (χ1) is 30.7. The van der Waals surface area contributed by atoms with Crippen LogP contribution in [0.2, 0.25) is 5.02 Å². The van der Waals surface area contributed by atoms with Gasteiger partial charge >= 0.3 is 0 Å². The molecular formula is C47H54Cl2N10O5S. The number of pyridine rings is 1. The number of hydrogen-bond donors (Lipinski definition) is 3. The van der Waals surface area contributed by atoms with E-state index in [0.717, 1.165) is 100 Å². The Bertz CT molecular complexity index is 2880. The van der Waals surface area contributed by atoms with Gasteiger partial charge in [0.25, 0.3) is 21.6 Å². The topological polar surface area (TPSA) is 175 Å². The van der Waals surface area contributed by atoms with Crippen LogP contribution in [0.25, 0.3) is 33.3 Å². The maximum atomic E-state index is 14.2. The monoisotopic (exact) mass is 940 g/mol. The number of H-pyrrole nitrogens is 1. The summed E-state index contributed by atoms with van der Waals surface area (Å²) in [5.74, 6) is -0.549. The van der Waals surface area contributed by atoms with E-state index >= 15 is 0 Å². The van der Waals surface area contributed by atoms with E-state index in [9.17, 15) is 23.3 Å². The number of fused-ring (bicyclic) bond motifs is 2. The number of allylic oxidation sites excluding steroid dienone is 1. The van der Waals surface area contributed by atoms with Gasteiger partial charge in [0, 0.05) is 73.8 Å². The highest BCUT2D eigenvalue weighted by Gasteiger charge is 2.31. The number of carbonyl (C=O) groups excluding carboxylic acids is 1. The average molecular weight is 942 g/mol. The fraction of sp³-hybridized carbons (Fsp3) is 0.383. The number of anilines is 2. The summed E-state index contributed by atoms with van der Waals surface area (Å²) in [7, 11) is -2.49. The smallest absolute Gasteiger partial charge is 0.293 e. The van der Waals surface area contributed by atoms with Crippen molar-refractivity contribution in [1.82, 2.24) is 34.3 Å². The second kappa shape index (κ2) is 18.8. The number of nitrogens with one attached hydrogen (secondary N) is 3. The molecule has 3 N–H and O–H groups in total. The summed E-state index contributed by atoms with van der Waals surface area (Å²) in [6.07, 6.45) is 8.53. The number of nitro benzene ring substituents is 1. The van der Waals surface area contributed by atoms with Crippen LogP contribution in [-0.4, -0.2) is 108 Å². The van der Waals surface area contributed by atoms with Gasteiger partial charge in [-0.3, -0.25) is 29.6 Å². The van der Waals surface area contributed by atoms with Crippen molar-refractivity contribution in [1.29, 1.82) is 0 Å². The molecule has 15 nitrogen and oxygen atoms in total. The van der Waals surface area contributed by atoms with Crippen molar-refractivity contribution in [3.05, 3.63) is 117 Å². The van der Waals surface area contributed by atoms with Gasteiger partial charge < -0.3 is 15.1 Å². The lowest BCUT2D eigenvalue weighted by Crippen LogP contribution is -2.47. The number of piperazine rings is 1. The lowest BCUT2D eigenvalue weighted by atomic mass is 9.72. The Balaban J connectivity index is 0.00000576. The maximum absolute atomic E-state index is 14.2. The molecule has 18 heteroatoms. The molecule has 0 bridgehead atoms. The van der Waals surface area contributed by atoms with Crippen molar-refractivity contribution in [2.75, 3.05) is 69.6 Å². The summed E-state index contributed by atoms with van der Waals surface area (Å²) < 4.78 is 31.7. The molecule has 1 aliphatic carbocycles. The third-order valence-corrected chi connectivity index (χ3v) is 14.8. The van der Waals surface area contributed by atoms with Crippen molar-refractivity contribution < 1.29 is 18.1 Å². The normalized spacial score (nSPS) is 17.6. The summed E-state index contributed by atoms with van der Waals surface area (Å²) in [5, 5.41) is 20.1. The van der Waals surface area contributed by atoms with Crippen LogP contribution in [0.15, 0.2) is 95.7 Å². The van der Waals surface area contributed by atoms with Crippen LogP contribution in [0, 0.1) is 21.4 Å². The van der Waals surface area contributed by atoms with Crippen molar-refractivity contribution >= 4 is 84.6 Å². The first-order valence-corrected chi connectivity index (χ1v) is 23.7. The molecule has 3 aromatic heterocycles. The first kappa shape index (κ1) is 46.0. The van der Waals surface area contributed by atoms with Gasteiger partial charge in [0.2, 0.25) is 0 Å². The van der Waals surface area contributed by atoms with Gasteiger partial charge in [-0.05, 0) is 129 Å². The Hall–Kier alpha value is -5.52. The van der Waals surface area contributed by atoms with Crippen LogP contribution >= 0.6 is 24.0 Å². The number of nitrogens with zero attached hydrogens (tertiary/aromatic N) is 7. The van der Waals surface area contributed by atoms with Gasteiger partial charge in [-0.25, -0.2) is 23.1 Å². The molecule has 2 fully saturated rings. The third kappa shape index (κ3) is 10.0. The molecule has 0 saturated carbocycles. The number of nitro groups is 1. The zero-order chi connectivity index (χ0) is 44.8. The Morgan fingerprint density at radius 1 is 0.985 bits per heavy atom. The minimum absolute atomic E-state index is 0. The van der Waals surface area contributed by atoms with Crippen LogP contribution in [-0.2, 0) is 10.0 Å². The van der Waals surface area contributed by atoms with Gasteiger partial charge in [-0.2, -0.15) is 0 Å². The van der Waals surface area contributed by atoms with E-state index in [4.69, 9.17) is 11.6 Å². The third-order valence-electron chi connectivity index (χ3n) is 13.2. The molecule has 0 radical (unpaired) electrons. The molecule has 3 aliphatic rings. The summed E-state index contributed by atoms with van der Waals surface area (Å²) in [5.41, 5.74) is 7.41. The molecule has 0 atom stereocenters. The van der Waals surface area contributed by atoms with Crippen LogP contribution in [0.1, 0.15) is 61.9 Å². The highest BCUT2D eigenvalue weighted by Crippen LogP contribution is 2.43. The van der Waals surface area contributed by atoms with Crippen LogP contribution < -0.4 is 14.9 Å². The van der Waals surface area contributed by atoms with E-state index < -0.39 is 25.7 Å². The summed E-state index contributed by atoms with van der Waals surface area (Å²) in [6, 6.07) is 21.0. The number of rotatable bonds is 12. The Kier molecular flexibility index (Phi) is 13.3. The molecule has 65 heavy (non-hydrogen) atoms.